The first-order valence-electron chi connectivity index (χ1n) is 7.18. The molecule has 0 saturated heterocycles. The van der Waals surface area contributed by atoms with Crippen LogP contribution in [0.5, 0.6) is 0 Å². The highest BCUT2D eigenvalue weighted by molar-refractivity contribution is 5.85. The summed E-state index contributed by atoms with van der Waals surface area (Å²) in [5.41, 5.74) is 8.14. The van der Waals surface area contributed by atoms with E-state index < -0.39 is 0 Å². The van der Waals surface area contributed by atoms with Crippen molar-refractivity contribution in [2.75, 3.05) is 13.6 Å². The number of nitrogens with zero attached hydrogens (tertiary/aromatic N) is 3. The molecule has 0 amide bonds. The van der Waals surface area contributed by atoms with Gasteiger partial charge in [0.2, 0.25) is 5.89 Å². The van der Waals surface area contributed by atoms with Crippen LogP contribution in [0.4, 0.5) is 0 Å². The fourth-order valence-electron chi connectivity index (χ4n) is 2.51. The van der Waals surface area contributed by atoms with Crippen LogP contribution in [0.2, 0.25) is 0 Å². The largest absolute Gasteiger partial charge is 0.338 e. The first-order chi connectivity index (χ1) is 9.90. The predicted molar refractivity (Wildman–Crippen MR) is 90.0 cm³/mol. The summed E-state index contributed by atoms with van der Waals surface area (Å²) >= 11 is 0. The number of nitrogens with two attached hydrogens (primary N) is 1. The van der Waals surface area contributed by atoms with Crippen LogP contribution in [-0.4, -0.2) is 28.6 Å². The van der Waals surface area contributed by atoms with Crippen LogP contribution >= 0.6 is 12.4 Å². The highest BCUT2D eigenvalue weighted by Gasteiger charge is 2.23. The molecule has 5 nitrogen and oxygen atoms in total. The Hall–Kier alpha value is -1.43. The third-order valence-corrected chi connectivity index (χ3v) is 3.59. The number of hydrogen-bond donors (Lipinski definition) is 1. The van der Waals surface area contributed by atoms with Gasteiger partial charge < -0.3 is 10.3 Å². The third-order valence-electron chi connectivity index (χ3n) is 3.59. The predicted octanol–water partition coefficient (Wildman–Crippen LogP) is 2.67. The maximum atomic E-state index is 5.47. The third kappa shape index (κ3) is 4.80. The molecule has 0 aliphatic heterocycles. The van der Waals surface area contributed by atoms with E-state index in [9.17, 15) is 0 Å². The van der Waals surface area contributed by atoms with E-state index in [1.54, 1.807) is 0 Å². The summed E-state index contributed by atoms with van der Waals surface area (Å²) in [5.74, 6) is 1.16. The number of aromatic nitrogens is 2. The van der Waals surface area contributed by atoms with E-state index in [1.807, 2.05) is 0 Å². The van der Waals surface area contributed by atoms with Gasteiger partial charge in [-0.1, -0.05) is 48.8 Å². The van der Waals surface area contributed by atoms with Gasteiger partial charge in [-0.2, -0.15) is 4.98 Å². The molecule has 22 heavy (non-hydrogen) atoms. The van der Waals surface area contributed by atoms with Gasteiger partial charge in [0, 0.05) is 12.0 Å². The van der Waals surface area contributed by atoms with Crippen LogP contribution in [0.25, 0.3) is 0 Å². The molecule has 122 valence electrons. The fourth-order valence-corrected chi connectivity index (χ4v) is 2.51. The van der Waals surface area contributed by atoms with Crippen LogP contribution in [0, 0.1) is 6.92 Å². The maximum Gasteiger partial charge on any atom is 0.240 e. The highest BCUT2D eigenvalue weighted by atomic mass is 35.5. The molecule has 0 atom stereocenters. The Morgan fingerprint density at radius 3 is 2.41 bits per heavy atom. The maximum absolute atomic E-state index is 5.47. The summed E-state index contributed by atoms with van der Waals surface area (Å²) < 4.78 is 5.03. The van der Waals surface area contributed by atoms with Crippen LogP contribution in [-0.2, 0) is 18.5 Å². The Balaban J connectivity index is 0.00000242. The van der Waals surface area contributed by atoms with Gasteiger partial charge in [-0.05, 0) is 19.5 Å². The van der Waals surface area contributed by atoms with Gasteiger partial charge in [0.1, 0.15) is 0 Å². The number of benzene rings is 1. The SMILES string of the molecule is Cc1ccc(C(C)(C)CN(C)Cc2noc(CN)n2)cc1.Cl. The molecule has 2 rings (SSSR count). The van der Waals surface area contributed by atoms with Crippen molar-refractivity contribution >= 4 is 12.4 Å². The average molecular weight is 325 g/mol. The Kier molecular flexibility index (Phi) is 6.53. The molecule has 0 unspecified atom stereocenters. The fraction of sp³-hybridized carbons (Fsp3) is 0.500. The molecule has 1 aromatic heterocycles. The Labute approximate surface area is 138 Å². The van der Waals surface area contributed by atoms with Gasteiger partial charge in [-0.15, -0.1) is 12.4 Å². The first-order valence-corrected chi connectivity index (χ1v) is 7.18. The standard InChI is InChI=1S/C16H24N4O.ClH/c1-12-5-7-13(8-6-12)16(2,3)11-20(4)10-14-18-15(9-17)21-19-14;/h5-8H,9-11,17H2,1-4H3;1H. The van der Waals surface area contributed by atoms with Crippen molar-refractivity contribution in [3.8, 4) is 0 Å². The lowest BCUT2D eigenvalue weighted by atomic mass is 9.84. The number of likely N-dealkylation sites (N-methyl/N-ethyl adjacent to an activating group) is 1. The Morgan fingerprint density at radius 1 is 1.23 bits per heavy atom. The summed E-state index contributed by atoms with van der Waals surface area (Å²) in [4.78, 5) is 6.44. The molecular formula is C16H25ClN4O. The number of rotatable bonds is 6. The summed E-state index contributed by atoms with van der Waals surface area (Å²) in [7, 11) is 2.06. The monoisotopic (exact) mass is 324 g/mol. The van der Waals surface area contributed by atoms with Crippen molar-refractivity contribution in [1.82, 2.24) is 15.0 Å². The summed E-state index contributed by atoms with van der Waals surface area (Å²) in [6.07, 6.45) is 0. The highest BCUT2D eigenvalue weighted by Crippen LogP contribution is 2.24. The van der Waals surface area contributed by atoms with Gasteiger partial charge in [0.25, 0.3) is 0 Å². The zero-order valence-corrected chi connectivity index (χ0v) is 14.5. The number of aryl methyl sites for hydroxylation is 1. The minimum Gasteiger partial charge on any atom is -0.338 e. The second kappa shape index (κ2) is 7.72. The molecule has 0 fully saturated rings. The summed E-state index contributed by atoms with van der Waals surface area (Å²) in [6, 6.07) is 8.71. The van der Waals surface area contributed by atoms with Crippen molar-refractivity contribution in [2.24, 2.45) is 5.73 Å². The van der Waals surface area contributed by atoms with Gasteiger partial charge in [-0.3, -0.25) is 4.90 Å². The molecule has 1 heterocycles. The van der Waals surface area contributed by atoms with Crippen molar-refractivity contribution in [3.05, 3.63) is 47.1 Å². The number of halogens is 1. The van der Waals surface area contributed by atoms with Crippen LogP contribution in [0.15, 0.2) is 28.8 Å². The summed E-state index contributed by atoms with van der Waals surface area (Å²) in [6.45, 7) is 8.44. The van der Waals surface area contributed by atoms with Crippen molar-refractivity contribution < 1.29 is 4.52 Å². The second-order valence-corrected chi connectivity index (χ2v) is 6.23. The molecule has 0 saturated carbocycles. The van der Waals surface area contributed by atoms with E-state index in [0.29, 0.717) is 18.3 Å². The van der Waals surface area contributed by atoms with E-state index in [-0.39, 0.29) is 24.4 Å². The quantitative estimate of drug-likeness (QED) is 0.884. The van der Waals surface area contributed by atoms with E-state index in [0.717, 1.165) is 6.54 Å². The average Bonchev–Trinajstić information content (AvgIpc) is 2.86. The molecule has 2 aromatic rings. The second-order valence-electron chi connectivity index (χ2n) is 6.23. The molecule has 0 aliphatic rings. The molecule has 0 bridgehead atoms. The normalized spacial score (nSPS) is 11.5. The molecule has 0 aliphatic carbocycles. The van der Waals surface area contributed by atoms with E-state index in [2.05, 4.69) is 67.1 Å². The van der Waals surface area contributed by atoms with Gasteiger partial charge in [0.15, 0.2) is 5.82 Å². The molecule has 6 heteroatoms. The van der Waals surface area contributed by atoms with Gasteiger partial charge in [0.05, 0.1) is 13.1 Å². The lowest BCUT2D eigenvalue weighted by Gasteiger charge is -2.30. The van der Waals surface area contributed by atoms with Crippen molar-refractivity contribution in [2.45, 2.75) is 39.3 Å². The van der Waals surface area contributed by atoms with Crippen LogP contribution < -0.4 is 5.73 Å². The van der Waals surface area contributed by atoms with Gasteiger partial charge in [-0.25, -0.2) is 0 Å². The minimum atomic E-state index is 0. The van der Waals surface area contributed by atoms with E-state index in [4.69, 9.17) is 10.3 Å². The Morgan fingerprint density at radius 2 is 1.86 bits per heavy atom. The molecule has 0 radical (unpaired) electrons. The van der Waals surface area contributed by atoms with Crippen molar-refractivity contribution in [1.29, 1.82) is 0 Å². The molecule has 1 aromatic carbocycles. The zero-order chi connectivity index (χ0) is 15.5. The zero-order valence-electron chi connectivity index (χ0n) is 13.7. The molecule has 2 N–H and O–H groups in total. The number of hydrogen-bond acceptors (Lipinski definition) is 5. The Bertz CT molecular complexity index is 580. The lowest BCUT2D eigenvalue weighted by Crippen LogP contribution is -2.34. The topological polar surface area (TPSA) is 68.2 Å². The van der Waals surface area contributed by atoms with Crippen LogP contribution in [0.3, 0.4) is 0 Å². The molecular weight excluding hydrogens is 300 g/mol. The first kappa shape index (κ1) is 18.6. The summed E-state index contributed by atoms with van der Waals surface area (Å²) in [5, 5.41) is 3.93. The van der Waals surface area contributed by atoms with Crippen molar-refractivity contribution in [3.63, 3.8) is 0 Å². The smallest absolute Gasteiger partial charge is 0.240 e. The van der Waals surface area contributed by atoms with Crippen LogP contribution in [0.1, 0.15) is 36.7 Å². The van der Waals surface area contributed by atoms with Gasteiger partial charge >= 0.3 is 0 Å². The molecule has 0 spiro atoms. The van der Waals surface area contributed by atoms with E-state index in [1.165, 1.54) is 11.1 Å². The van der Waals surface area contributed by atoms with E-state index >= 15 is 0 Å². The minimum absolute atomic E-state index is 0. The lowest BCUT2D eigenvalue weighted by molar-refractivity contribution is 0.251.